The number of piperazine rings is 1. The Hall–Kier alpha value is -3.71. The number of carbonyl (C=O) groups excluding carboxylic acids is 1. The summed E-state index contributed by atoms with van der Waals surface area (Å²) in [6.45, 7) is 5.07. The van der Waals surface area contributed by atoms with E-state index in [-0.39, 0.29) is 12.0 Å². The standard InChI is InChI=1S/C27H31ClF3N7O3/c1-17-5-4-10-38(16-17)26-35-23(27(29,30)31)22(41-26)24(39)33-18-8-9-21(32-15-18)36-11-13-37(14-12-36)25(40)34-20-7-3-2-6-19(20)28/h2-3,6-9,15,17,24,33,39H,4-5,10-14,16H2,1H3,(H,34,40). The third-order valence-electron chi connectivity index (χ3n) is 7.14. The molecule has 0 saturated carbocycles. The van der Waals surface area contributed by atoms with Crippen molar-refractivity contribution in [2.45, 2.75) is 32.2 Å². The van der Waals surface area contributed by atoms with E-state index in [1.165, 1.54) is 6.20 Å². The quantitative estimate of drug-likeness (QED) is 0.324. The number of halogens is 4. The highest BCUT2D eigenvalue weighted by molar-refractivity contribution is 6.33. The minimum absolute atomic E-state index is 0.145. The molecule has 3 N–H and O–H groups in total. The molecule has 0 aliphatic carbocycles. The van der Waals surface area contributed by atoms with Crippen molar-refractivity contribution in [3.8, 4) is 0 Å². The minimum Gasteiger partial charge on any atom is -0.423 e. The van der Waals surface area contributed by atoms with Gasteiger partial charge in [0.05, 0.1) is 22.6 Å². The average Bonchev–Trinajstić information content (AvgIpc) is 3.42. The van der Waals surface area contributed by atoms with E-state index in [1.54, 1.807) is 46.2 Å². The van der Waals surface area contributed by atoms with Gasteiger partial charge in [-0.05, 0) is 43.0 Å². The van der Waals surface area contributed by atoms with Gasteiger partial charge in [0.1, 0.15) is 5.82 Å². The van der Waals surface area contributed by atoms with Crippen molar-refractivity contribution < 1.29 is 27.5 Å². The molecule has 2 unspecified atom stereocenters. The van der Waals surface area contributed by atoms with Gasteiger partial charge in [-0.15, -0.1) is 0 Å². The SMILES string of the molecule is CC1CCCN(c2nc(C(F)(F)F)c(C(O)Nc3ccc(N4CCN(C(=O)Nc5ccccc5Cl)CC4)nc3)o2)C1. The van der Waals surface area contributed by atoms with Crippen molar-refractivity contribution in [2.24, 2.45) is 5.92 Å². The van der Waals surface area contributed by atoms with Crippen molar-refractivity contribution >= 4 is 40.8 Å². The van der Waals surface area contributed by atoms with E-state index in [0.717, 1.165) is 12.8 Å². The summed E-state index contributed by atoms with van der Waals surface area (Å²) >= 11 is 6.12. The molecule has 5 rings (SSSR count). The maximum absolute atomic E-state index is 13.7. The van der Waals surface area contributed by atoms with Crippen LogP contribution < -0.4 is 20.4 Å². The van der Waals surface area contributed by atoms with Gasteiger partial charge in [0, 0.05) is 39.3 Å². The first-order valence-electron chi connectivity index (χ1n) is 13.4. The number of alkyl halides is 3. The maximum Gasteiger partial charge on any atom is 0.437 e. The number of rotatable bonds is 6. The van der Waals surface area contributed by atoms with Crippen molar-refractivity contribution in [1.82, 2.24) is 14.9 Å². The van der Waals surface area contributed by atoms with E-state index in [9.17, 15) is 23.1 Å². The molecule has 2 saturated heterocycles. The van der Waals surface area contributed by atoms with E-state index in [1.807, 2.05) is 11.8 Å². The van der Waals surface area contributed by atoms with E-state index in [4.69, 9.17) is 16.0 Å². The van der Waals surface area contributed by atoms with Crippen LogP contribution in [0.2, 0.25) is 5.02 Å². The smallest absolute Gasteiger partial charge is 0.423 e. The van der Waals surface area contributed by atoms with Crippen LogP contribution in [0, 0.1) is 5.92 Å². The Morgan fingerprint density at radius 3 is 2.54 bits per heavy atom. The second-order valence-corrected chi connectivity index (χ2v) is 10.6. The molecule has 2 amide bonds. The summed E-state index contributed by atoms with van der Waals surface area (Å²) in [5.41, 5.74) is -0.415. The Morgan fingerprint density at radius 2 is 1.88 bits per heavy atom. The first kappa shape index (κ1) is 28.8. The lowest BCUT2D eigenvalue weighted by Gasteiger charge is -2.35. The monoisotopic (exact) mass is 593 g/mol. The first-order valence-corrected chi connectivity index (χ1v) is 13.7. The number of pyridine rings is 1. The number of amides is 2. The average molecular weight is 594 g/mol. The Labute approximate surface area is 240 Å². The molecule has 220 valence electrons. The minimum atomic E-state index is -4.80. The number of para-hydroxylation sites is 1. The molecule has 2 aliphatic heterocycles. The number of nitrogens with one attached hydrogen (secondary N) is 2. The topological polar surface area (TPSA) is 110 Å². The number of aliphatic hydroxyl groups excluding tert-OH is 1. The summed E-state index contributed by atoms with van der Waals surface area (Å²) in [6, 6.07) is 9.91. The number of aliphatic hydroxyl groups is 1. The fourth-order valence-corrected chi connectivity index (χ4v) is 5.17. The molecular formula is C27H31ClF3N7O3. The van der Waals surface area contributed by atoms with Gasteiger partial charge in [-0.2, -0.15) is 18.2 Å². The van der Waals surface area contributed by atoms with E-state index in [0.29, 0.717) is 67.4 Å². The number of piperidine rings is 1. The summed E-state index contributed by atoms with van der Waals surface area (Å²) < 4.78 is 46.7. The van der Waals surface area contributed by atoms with Crippen LogP contribution in [0.25, 0.3) is 0 Å². The second-order valence-electron chi connectivity index (χ2n) is 10.2. The van der Waals surface area contributed by atoms with Gasteiger partial charge in [-0.25, -0.2) is 9.78 Å². The zero-order valence-corrected chi connectivity index (χ0v) is 23.1. The summed E-state index contributed by atoms with van der Waals surface area (Å²) in [6.07, 6.45) is -3.36. The van der Waals surface area contributed by atoms with Crippen molar-refractivity contribution in [1.29, 1.82) is 0 Å². The summed E-state index contributed by atoms with van der Waals surface area (Å²) in [4.78, 5) is 26.1. The number of hydrogen-bond acceptors (Lipinski definition) is 8. The number of urea groups is 1. The predicted molar refractivity (Wildman–Crippen MR) is 149 cm³/mol. The molecule has 4 heterocycles. The molecule has 2 atom stereocenters. The Bertz CT molecular complexity index is 1350. The van der Waals surface area contributed by atoms with E-state index < -0.39 is 23.9 Å². The van der Waals surface area contributed by atoms with Gasteiger partial charge in [0.2, 0.25) is 0 Å². The van der Waals surface area contributed by atoms with Crippen LogP contribution in [0.3, 0.4) is 0 Å². The van der Waals surface area contributed by atoms with Crippen molar-refractivity contribution in [2.75, 3.05) is 59.7 Å². The van der Waals surface area contributed by atoms with Gasteiger partial charge >= 0.3 is 12.2 Å². The zero-order valence-electron chi connectivity index (χ0n) is 22.4. The van der Waals surface area contributed by atoms with Gasteiger partial charge in [-0.1, -0.05) is 30.7 Å². The van der Waals surface area contributed by atoms with Crippen LogP contribution in [0.15, 0.2) is 47.0 Å². The molecule has 0 bridgehead atoms. The number of benzene rings is 1. The zero-order chi connectivity index (χ0) is 29.1. The van der Waals surface area contributed by atoms with Crippen LogP contribution >= 0.6 is 11.6 Å². The van der Waals surface area contributed by atoms with Crippen LogP contribution in [-0.2, 0) is 6.18 Å². The third kappa shape index (κ3) is 6.79. The molecule has 2 aliphatic rings. The van der Waals surface area contributed by atoms with Gasteiger partial charge in [-0.3, -0.25) is 0 Å². The molecule has 14 heteroatoms. The number of anilines is 4. The Balaban J connectivity index is 1.19. The summed E-state index contributed by atoms with van der Waals surface area (Å²) in [5.74, 6) is 0.240. The summed E-state index contributed by atoms with van der Waals surface area (Å²) in [5, 5.41) is 16.5. The Kier molecular flexibility index (Phi) is 8.45. The molecule has 10 nitrogen and oxygen atoms in total. The van der Waals surface area contributed by atoms with Crippen molar-refractivity contribution in [3.05, 3.63) is 59.1 Å². The fourth-order valence-electron chi connectivity index (χ4n) is 4.98. The number of aromatic nitrogens is 2. The number of oxazole rings is 1. The van der Waals surface area contributed by atoms with Gasteiger partial charge in [0.15, 0.2) is 17.7 Å². The number of nitrogens with zero attached hydrogens (tertiary/aromatic N) is 5. The Morgan fingerprint density at radius 1 is 1.12 bits per heavy atom. The molecule has 3 aromatic rings. The molecule has 1 aromatic carbocycles. The molecule has 41 heavy (non-hydrogen) atoms. The maximum atomic E-state index is 13.7. The van der Waals surface area contributed by atoms with Crippen LogP contribution in [0.5, 0.6) is 0 Å². The lowest BCUT2D eigenvalue weighted by Crippen LogP contribution is -2.50. The lowest BCUT2D eigenvalue weighted by atomic mass is 10.0. The fraction of sp³-hybridized carbons (Fsp3) is 0.444. The molecular weight excluding hydrogens is 563 g/mol. The largest absolute Gasteiger partial charge is 0.437 e. The van der Waals surface area contributed by atoms with E-state index in [2.05, 4.69) is 20.6 Å². The van der Waals surface area contributed by atoms with Crippen molar-refractivity contribution in [3.63, 3.8) is 0 Å². The van der Waals surface area contributed by atoms with Gasteiger partial charge < -0.3 is 34.9 Å². The lowest BCUT2D eigenvalue weighted by molar-refractivity contribution is -0.143. The molecule has 0 radical (unpaired) electrons. The van der Waals surface area contributed by atoms with Gasteiger partial charge in [0.25, 0.3) is 6.01 Å². The first-order chi connectivity index (χ1) is 19.6. The van der Waals surface area contributed by atoms with Crippen LogP contribution in [-0.4, -0.2) is 65.3 Å². The third-order valence-corrected chi connectivity index (χ3v) is 7.47. The number of carbonyl (C=O) groups is 1. The second kappa shape index (κ2) is 12.0. The van der Waals surface area contributed by atoms with Crippen LogP contribution in [0.1, 0.15) is 37.4 Å². The highest BCUT2D eigenvalue weighted by atomic mass is 35.5. The molecule has 0 spiro atoms. The molecule has 2 fully saturated rings. The van der Waals surface area contributed by atoms with E-state index >= 15 is 0 Å². The van der Waals surface area contributed by atoms with Crippen LogP contribution in [0.4, 0.5) is 41.2 Å². The molecule has 2 aromatic heterocycles. The normalized spacial score (nSPS) is 18.8. The highest BCUT2D eigenvalue weighted by Crippen LogP contribution is 2.38. The number of hydrogen-bond donors (Lipinski definition) is 3. The highest BCUT2D eigenvalue weighted by Gasteiger charge is 2.42. The predicted octanol–water partition coefficient (Wildman–Crippen LogP) is 5.44. The summed E-state index contributed by atoms with van der Waals surface area (Å²) in [7, 11) is 0.